The molecule has 88 valence electrons. The van der Waals surface area contributed by atoms with E-state index in [0.717, 1.165) is 32.2 Å². The minimum absolute atomic E-state index is 0.0675. The van der Waals surface area contributed by atoms with E-state index < -0.39 is 0 Å². The van der Waals surface area contributed by atoms with Gasteiger partial charge in [0.1, 0.15) is 6.29 Å². The summed E-state index contributed by atoms with van der Waals surface area (Å²) in [6.45, 7) is 2.92. The average Bonchev–Trinajstić information content (AvgIpc) is 2.35. The van der Waals surface area contributed by atoms with Gasteiger partial charge in [-0.15, -0.1) is 0 Å². The smallest absolute Gasteiger partial charge is 0.120 e. The molecule has 0 amide bonds. The number of unbranched alkanes of at least 4 members (excludes halogenated alkanes) is 1. The molecular formula is C14H20O2. The molecule has 2 nitrogen and oxygen atoms in total. The standard InChI is InChI=1S/C14H20O2/c1-2-3-12-16-14(10-7-11-15)13-8-5-4-6-9-13/h4-6,8-9,11,14H,2-3,7,10,12H2,1H3. The molecule has 0 heterocycles. The van der Waals surface area contributed by atoms with Gasteiger partial charge in [-0.2, -0.15) is 0 Å². The van der Waals surface area contributed by atoms with E-state index in [1.54, 1.807) is 0 Å². The van der Waals surface area contributed by atoms with Gasteiger partial charge in [0.15, 0.2) is 0 Å². The highest BCUT2D eigenvalue weighted by Gasteiger charge is 2.10. The second-order valence-corrected chi connectivity index (χ2v) is 3.87. The molecule has 0 spiro atoms. The van der Waals surface area contributed by atoms with Crippen molar-refractivity contribution < 1.29 is 9.53 Å². The van der Waals surface area contributed by atoms with Crippen molar-refractivity contribution in [2.75, 3.05) is 6.61 Å². The van der Waals surface area contributed by atoms with Crippen LogP contribution < -0.4 is 0 Å². The van der Waals surface area contributed by atoms with Gasteiger partial charge in [0.05, 0.1) is 6.10 Å². The van der Waals surface area contributed by atoms with Crippen LogP contribution in [0.2, 0.25) is 0 Å². The molecule has 0 bridgehead atoms. The lowest BCUT2D eigenvalue weighted by Crippen LogP contribution is -2.06. The maximum atomic E-state index is 10.4. The predicted octanol–water partition coefficient (Wildman–Crippen LogP) is 3.52. The fourth-order valence-electron chi connectivity index (χ4n) is 1.60. The van der Waals surface area contributed by atoms with Crippen molar-refractivity contribution in [1.82, 2.24) is 0 Å². The van der Waals surface area contributed by atoms with Crippen molar-refractivity contribution in [3.8, 4) is 0 Å². The van der Waals surface area contributed by atoms with Crippen LogP contribution >= 0.6 is 0 Å². The van der Waals surface area contributed by atoms with E-state index in [1.807, 2.05) is 18.2 Å². The maximum Gasteiger partial charge on any atom is 0.120 e. The zero-order chi connectivity index (χ0) is 11.6. The zero-order valence-corrected chi connectivity index (χ0v) is 9.89. The minimum Gasteiger partial charge on any atom is -0.374 e. The van der Waals surface area contributed by atoms with Crippen LogP contribution in [0.4, 0.5) is 0 Å². The summed E-state index contributed by atoms with van der Waals surface area (Å²) in [4.78, 5) is 10.4. The highest BCUT2D eigenvalue weighted by atomic mass is 16.5. The van der Waals surface area contributed by atoms with E-state index >= 15 is 0 Å². The largest absolute Gasteiger partial charge is 0.374 e. The predicted molar refractivity (Wildman–Crippen MR) is 65.3 cm³/mol. The maximum absolute atomic E-state index is 10.4. The fourth-order valence-corrected chi connectivity index (χ4v) is 1.60. The molecule has 0 radical (unpaired) electrons. The van der Waals surface area contributed by atoms with Gasteiger partial charge in [0.2, 0.25) is 0 Å². The first kappa shape index (κ1) is 12.9. The monoisotopic (exact) mass is 220 g/mol. The summed E-state index contributed by atoms with van der Waals surface area (Å²) >= 11 is 0. The summed E-state index contributed by atoms with van der Waals surface area (Å²) in [5, 5.41) is 0. The normalized spacial score (nSPS) is 12.3. The molecule has 0 saturated carbocycles. The van der Waals surface area contributed by atoms with Gasteiger partial charge in [-0.1, -0.05) is 43.7 Å². The van der Waals surface area contributed by atoms with Crippen LogP contribution in [0.1, 0.15) is 44.3 Å². The number of hydrogen-bond acceptors (Lipinski definition) is 2. The minimum atomic E-state index is 0.0675. The Bertz CT molecular complexity index is 282. The molecule has 1 aromatic carbocycles. The van der Waals surface area contributed by atoms with Crippen LogP contribution in [0.25, 0.3) is 0 Å². The number of aldehydes is 1. The number of carbonyl (C=O) groups excluding carboxylic acids is 1. The molecular weight excluding hydrogens is 200 g/mol. The van der Waals surface area contributed by atoms with E-state index in [1.165, 1.54) is 5.56 Å². The van der Waals surface area contributed by atoms with Gasteiger partial charge in [-0.25, -0.2) is 0 Å². The molecule has 0 aliphatic carbocycles. The summed E-state index contributed by atoms with van der Waals surface area (Å²) < 4.78 is 5.81. The van der Waals surface area contributed by atoms with E-state index in [-0.39, 0.29) is 6.10 Å². The molecule has 0 aliphatic rings. The van der Waals surface area contributed by atoms with E-state index in [0.29, 0.717) is 6.42 Å². The molecule has 2 heteroatoms. The lowest BCUT2D eigenvalue weighted by atomic mass is 10.1. The number of ether oxygens (including phenoxy) is 1. The van der Waals surface area contributed by atoms with Gasteiger partial charge in [-0.05, 0) is 18.4 Å². The summed E-state index contributed by atoms with van der Waals surface area (Å²) in [5.74, 6) is 0. The topological polar surface area (TPSA) is 26.3 Å². The first-order chi connectivity index (χ1) is 7.88. The molecule has 1 rings (SSSR count). The van der Waals surface area contributed by atoms with Gasteiger partial charge in [0, 0.05) is 13.0 Å². The third kappa shape index (κ3) is 4.58. The van der Waals surface area contributed by atoms with Crippen LogP contribution in [-0.2, 0) is 9.53 Å². The Hall–Kier alpha value is -1.15. The van der Waals surface area contributed by atoms with Crippen LogP contribution in [0.3, 0.4) is 0 Å². The summed E-state index contributed by atoms with van der Waals surface area (Å²) in [7, 11) is 0. The SMILES string of the molecule is CCCCOC(CCC=O)c1ccccc1. The van der Waals surface area contributed by atoms with E-state index in [4.69, 9.17) is 4.74 Å². The summed E-state index contributed by atoms with van der Waals surface area (Å²) in [6.07, 6.45) is 4.57. The van der Waals surface area contributed by atoms with Crippen molar-refractivity contribution in [2.45, 2.75) is 38.7 Å². The van der Waals surface area contributed by atoms with Crippen LogP contribution in [0.15, 0.2) is 30.3 Å². The third-order valence-electron chi connectivity index (χ3n) is 2.53. The Labute approximate surface area is 97.6 Å². The van der Waals surface area contributed by atoms with Crippen molar-refractivity contribution in [3.05, 3.63) is 35.9 Å². The number of hydrogen-bond donors (Lipinski definition) is 0. The van der Waals surface area contributed by atoms with Crippen LogP contribution in [0.5, 0.6) is 0 Å². The molecule has 0 fully saturated rings. The summed E-state index contributed by atoms with van der Waals surface area (Å²) in [5.41, 5.74) is 1.17. The molecule has 0 aliphatic heterocycles. The van der Waals surface area contributed by atoms with Gasteiger partial charge >= 0.3 is 0 Å². The van der Waals surface area contributed by atoms with Gasteiger partial charge < -0.3 is 9.53 Å². The lowest BCUT2D eigenvalue weighted by molar-refractivity contribution is -0.108. The Kier molecular flexibility index (Phi) is 6.50. The van der Waals surface area contributed by atoms with Crippen molar-refractivity contribution in [2.24, 2.45) is 0 Å². The molecule has 0 N–H and O–H groups in total. The number of rotatable bonds is 8. The third-order valence-corrected chi connectivity index (χ3v) is 2.53. The highest BCUT2D eigenvalue weighted by molar-refractivity contribution is 5.49. The molecule has 0 aromatic heterocycles. The second kappa shape index (κ2) is 8.05. The highest BCUT2D eigenvalue weighted by Crippen LogP contribution is 2.22. The Balaban J connectivity index is 2.52. The van der Waals surface area contributed by atoms with E-state index in [9.17, 15) is 4.79 Å². The molecule has 0 saturated heterocycles. The van der Waals surface area contributed by atoms with Gasteiger partial charge in [0.25, 0.3) is 0 Å². The fraction of sp³-hybridized carbons (Fsp3) is 0.500. The van der Waals surface area contributed by atoms with Gasteiger partial charge in [-0.3, -0.25) is 0 Å². The number of carbonyl (C=O) groups is 1. The quantitative estimate of drug-likeness (QED) is 0.495. The summed E-state index contributed by atoms with van der Waals surface area (Å²) in [6, 6.07) is 10.1. The average molecular weight is 220 g/mol. The molecule has 16 heavy (non-hydrogen) atoms. The van der Waals surface area contributed by atoms with Crippen molar-refractivity contribution >= 4 is 6.29 Å². The number of benzene rings is 1. The zero-order valence-electron chi connectivity index (χ0n) is 9.89. The Morgan fingerprint density at radius 3 is 2.69 bits per heavy atom. The Morgan fingerprint density at radius 1 is 1.31 bits per heavy atom. The molecule has 1 aromatic rings. The molecule has 1 atom stereocenters. The van der Waals surface area contributed by atoms with Crippen LogP contribution in [0, 0.1) is 0 Å². The second-order valence-electron chi connectivity index (χ2n) is 3.87. The first-order valence-electron chi connectivity index (χ1n) is 5.98. The Morgan fingerprint density at radius 2 is 2.06 bits per heavy atom. The molecule has 1 unspecified atom stereocenters. The first-order valence-corrected chi connectivity index (χ1v) is 5.98. The lowest BCUT2D eigenvalue weighted by Gasteiger charge is -2.17. The van der Waals surface area contributed by atoms with Crippen molar-refractivity contribution in [1.29, 1.82) is 0 Å². The van der Waals surface area contributed by atoms with Crippen molar-refractivity contribution in [3.63, 3.8) is 0 Å². The van der Waals surface area contributed by atoms with E-state index in [2.05, 4.69) is 19.1 Å². The van der Waals surface area contributed by atoms with Crippen LogP contribution in [-0.4, -0.2) is 12.9 Å².